The molecule has 0 spiro atoms. The summed E-state index contributed by atoms with van der Waals surface area (Å²) in [6.45, 7) is 2.04. The second-order valence-corrected chi connectivity index (χ2v) is 6.58. The fourth-order valence-electron chi connectivity index (χ4n) is 3.09. The maximum atomic E-state index is 12.8. The van der Waals surface area contributed by atoms with Gasteiger partial charge < -0.3 is 5.11 Å². The lowest BCUT2D eigenvalue weighted by molar-refractivity contribution is -0.137. The smallest absolute Gasteiger partial charge is 0.303 e. The highest BCUT2D eigenvalue weighted by Crippen LogP contribution is 2.23. The third-order valence-corrected chi connectivity index (χ3v) is 4.64. The molecule has 1 heterocycles. The zero-order chi connectivity index (χ0) is 18.7. The predicted octanol–water partition coefficient (Wildman–Crippen LogP) is 2.23. The molecule has 2 N–H and O–H groups in total. The number of carboxylic acids is 1. The van der Waals surface area contributed by atoms with Crippen LogP contribution in [0.25, 0.3) is 10.9 Å². The normalized spacial score (nSPS) is 17.0. The number of carbonyl (C=O) groups is 2. The van der Waals surface area contributed by atoms with Crippen molar-refractivity contribution in [1.29, 1.82) is 0 Å². The summed E-state index contributed by atoms with van der Waals surface area (Å²) in [4.78, 5) is 40.7. The molecular formula is C19H21N3O4. The number of carboxylic acid groups (broad SMARTS) is 1. The van der Waals surface area contributed by atoms with Crippen LogP contribution in [0.5, 0.6) is 0 Å². The van der Waals surface area contributed by atoms with Crippen LogP contribution in [0.4, 0.5) is 0 Å². The zero-order valence-corrected chi connectivity index (χ0v) is 14.6. The zero-order valence-electron chi connectivity index (χ0n) is 14.6. The summed E-state index contributed by atoms with van der Waals surface area (Å²) in [6.07, 6.45) is 4.15. The fourth-order valence-corrected chi connectivity index (χ4v) is 3.09. The first-order chi connectivity index (χ1) is 12.5. The minimum atomic E-state index is -0.988. The molecule has 136 valence electrons. The van der Waals surface area contributed by atoms with Crippen molar-refractivity contribution in [2.75, 3.05) is 5.43 Å². The van der Waals surface area contributed by atoms with Crippen LogP contribution < -0.4 is 11.0 Å². The Balaban J connectivity index is 1.95. The van der Waals surface area contributed by atoms with Crippen LogP contribution in [0, 0.1) is 5.92 Å². The van der Waals surface area contributed by atoms with Gasteiger partial charge in [-0.2, -0.15) is 0 Å². The molecule has 7 heteroatoms. The van der Waals surface area contributed by atoms with Gasteiger partial charge in [0, 0.05) is 12.3 Å². The summed E-state index contributed by atoms with van der Waals surface area (Å²) < 4.78 is 1.11. The monoisotopic (exact) mass is 355 g/mol. The third-order valence-electron chi connectivity index (χ3n) is 4.64. The molecule has 0 saturated heterocycles. The van der Waals surface area contributed by atoms with Crippen LogP contribution >= 0.6 is 0 Å². The van der Waals surface area contributed by atoms with Crippen molar-refractivity contribution in [3.63, 3.8) is 0 Å². The van der Waals surface area contributed by atoms with Gasteiger partial charge in [-0.15, -0.1) is 0 Å². The topological polar surface area (TPSA) is 101 Å². The third kappa shape index (κ3) is 3.82. The number of amides is 1. The number of aliphatic carboxylic acids is 1. The van der Waals surface area contributed by atoms with Gasteiger partial charge in [-0.25, -0.2) is 9.66 Å². The molecule has 0 bridgehead atoms. The van der Waals surface area contributed by atoms with Crippen LogP contribution in [0.3, 0.4) is 0 Å². The number of hydrogen-bond donors (Lipinski definition) is 2. The van der Waals surface area contributed by atoms with E-state index in [0.717, 1.165) is 17.5 Å². The predicted molar refractivity (Wildman–Crippen MR) is 97.4 cm³/mol. The molecule has 1 aliphatic rings. The second kappa shape index (κ2) is 7.51. The molecule has 0 saturated carbocycles. The average Bonchev–Trinajstić information content (AvgIpc) is 2.63. The number of carbonyl (C=O) groups excluding carboxylic acids is 1. The standard InChI is InChI=1S/C19H21N3O4/c1-12-6-8-13(9-7-12)18(25)21-22-16(10-11-17(23)24)20-15-5-3-2-4-14(15)19(22)26/h2-6,13H,7-11H2,1H3,(H,21,25)(H,23,24). The van der Waals surface area contributed by atoms with E-state index in [1.165, 1.54) is 5.57 Å². The minimum absolute atomic E-state index is 0.0549. The number of para-hydroxylation sites is 1. The van der Waals surface area contributed by atoms with Crippen molar-refractivity contribution in [1.82, 2.24) is 9.66 Å². The lowest BCUT2D eigenvalue weighted by Gasteiger charge is -2.21. The molecule has 1 aliphatic carbocycles. The Morgan fingerprint density at radius 3 is 2.81 bits per heavy atom. The van der Waals surface area contributed by atoms with Crippen molar-refractivity contribution in [3.8, 4) is 0 Å². The number of aryl methyl sites for hydroxylation is 1. The number of rotatable bonds is 5. The van der Waals surface area contributed by atoms with Gasteiger partial charge in [-0.1, -0.05) is 23.8 Å². The summed E-state index contributed by atoms with van der Waals surface area (Å²) in [6, 6.07) is 6.82. The molecular weight excluding hydrogens is 334 g/mol. The van der Waals surface area contributed by atoms with E-state index in [1.807, 2.05) is 13.0 Å². The minimum Gasteiger partial charge on any atom is -0.481 e. The largest absolute Gasteiger partial charge is 0.481 e. The fraction of sp³-hybridized carbons (Fsp3) is 0.368. The van der Waals surface area contributed by atoms with E-state index in [-0.39, 0.29) is 30.5 Å². The van der Waals surface area contributed by atoms with Gasteiger partial charge in [0.15, 0.2) is 0 Å². The number of nitrogens with one attached hydrogen (secondary N) is 1. The van der Waals surface area contributed by atoms with E-state index < -0.39 is 11.5 Å². The van der Waals surface area contributed by atoms with E-state index in [0.29, 0.717) is 17.3 Å². The first-order valence-corrected chi connectivity index (χ1v) is 8.64. The Bertz CT molecular complexity index is 945. The number of nitrogens with zero attached hydrogens (tertiary/aromatic N) is 2. The van der Waals surface area contributed by atoms with Crippen LogP contribution in [-0.4, -0.2) is 26.6 Å². The Morgan fingerprint density at radius 2 is 2.12 bits per heavy atom. The van der Waals surface area contributed by atoms with Crippen LogP contribution in [0.15, 0.2) is 40.7 Å². The van der Waals surface area contributed by atoms with Crippen molar-refractivity contribution < 1.29 is 14.7 Å². The highest BCUT2D eigenvalue weighted by molar-refractivity contribution is 5.87. The maximum absolute atomic E-state index is 12.8. The summed E-state index contributed by atoms with van der Waals surface area (Å²) in [5.74, 6) is -1.20. The SMILES string of the molecule is CC1=CCC(C(=O)Nn2c(CCC(=O)O)nc3ccccc3c2=O)CC1. The van der Waals surface area contributed by atoms with Crippen LogP contribution in [0.2, 0.25) is 0 Å². The average molecular weight is 355 g/mol. The number of allylic oxidation sites excluding steroid dienone is 2. The van der Waals surface area contributed by atoms with E-state index in [2.05, 4.69) is 10.4 Å². The van der Waals surface area contributed by atoms with E-state index in [4.69, 9.17) is 5.11 Å². The Hall–Kier alpha value is -2.96. The lowest BCUT2D eigenvalue weighted by Crippen LogP contribution is -2.39. The van der Waals surface area contributed by atoms with Gasteiger partial charge in [-0.05, 0) is 38.3 Å². The van der Waals surface area contributed by atoms with E-state index in [1.54, 1.807) is 24.3 Å². The van der Waals surface area contributed by atoms with Gasteiger partial charge in [0.2, 0.25) is 5.91 Å². The molecule has 7 nitrogen and oxygen atoms in total. The Labute approximate surface area is 150 Å². The van der Waals surface area contributed by atoms with Gasteiger partial charge in [0.1, 0.15) is 5.82 Å². The maximum Gasteiger partial charge on any atom is 0.303 e. The Kier molecular flexibility index (Phi) is 5.16. The van der Waals surface area contributed by atoms with E-state index in [9.17, 15) is 14.4 Å². The number of hydrogen-bond acceptors (Lipinski definition) is 4. The van der Waals surface area contributed by atoms with Crippen molar-refractivity contribution in [2.24, 2.45) is 5.92 Å². The van der Waals surface area contributed by atoms with Gasteiger partial charge in [-0.3, -0.25) is 19.8 Å². The molecule has 1 atom stereocenters. The molecule has 1 aromatic heterocycles. The van der Waals surface area contributed by atoms with Crippen molar-refractivity contribution >= 4 is 22.8 Å². The lowest BCUT2D eigenvalue weighted by atomic mass is 9.90. The summed E-state index contributed by atoms with van der Waals surface area (Å²) in [5, 5.41) is 9.33. The summed E-state index contributed by atoms with van der Waals surface area (Å²) in [7, 11) is 0. The highest BCUT2D eigenvalue weighted by Gasteiger charge is 2.22. The van der Waals surface area contributed by atoms with Gasteiger partial charge >= 0.3 is 5.97 Å². The summed E-state index contributed by atoms with van der Waals surface area (Å²) in [5.41, 5.74) is 4.01. The van der Waals surface area contributed by atoms with Crippen LogP contribution in [0.1, 0.15) is 38.4 Å². The first kappa shape index (κ1) is 17.8. The number of aromatic nitrogens is 2. The van der Waals surface area contributed by atoms with Gasteiger partial charge in [0.25, 0.3) is 5.56 Å². The molecule has 3 rings (SSSR count). The quantitative estimate of drug-likeness (QED) is 0.801. The molecule has 1 amide bonds. The molecule has 0 fully saturated rings. The second-order valence-electron chi connectivity index (χ2n) is 6.58. The molecule has 1 aromatic carbocycles. The van der Waals surface area contributed by atoms with Gasteiger partial charge in [0.05, 0.1) is 17.3 Å². The molecule has 0 aliphatic heterocycles. The molecule has 2 aromatic rings. The number of fused-ring (bicyclic) bond motifs is 1. The van der Waals surface area contributed by atoms with Crippen molar-refractivity contribution in [2.45, 2.75) is 39.0 Å². The first-order valence-electron chi connectivity index (χ1n) is 8.64. The summed E-state index contributed by atoms with van der Waals surface area (Å²) >= 11 is 0. The highest BCUT2D eigenvalue weighted by atomic mass is 16.4. The molecule has 1 unspecified atom stereocenters. The Morgan fingerprint density at radius 1 is 1.35 bits per heavy atom. The van der Waals surface area contributed by atoms with E-state index >= 15 is 0 Å². The molecule has 26 heavy (non-hydrogen) atoms. The molecule has 0 radical (unpaired) electrons. The van der Waals surface area contributed by atoms with Crippen molar-refractivity contribution in [3.05, 3.63) is 52.1 Å². The van der Waals surface area contributed by atoms with Crippen LogP contribution in [-0.2, 0) is 16.0 Å². The number of benzene rings is 1.